The highest BCUT2D eigenvalue weighted by Crippen LogP contribution is 2.16. The van der Waals surface area contributed by atoms with Crippen LogP contribution < -0.4 is 10.2 Å². The molecule has 0 aliphatic carbocycles. The van der Waals surface area contributed by atoms with E-state index >= 15 is 0 Å². The number of nitrogens with one attached hydrogen (secondary N) is 1. The zero-order valence-electron chi connectivity index (χ0n) is 13.2. The fraction of sp³-hybridized carbons (Fsp3) is 0.625. The number of rotatable bonds is 7. The second-order valence-electron chi connectivity index (χ2n) is 6.01. The summed E-state index contributed by atoms with van der Waals surface area (Å²) in [6.45, 7) is 7.34. The third kappa shape index (κ3) is 5.62. The molecule has 1 N–H and O–H groups in total. The molecule has 1 unspecified atom stereocenters. The molecule has 1 atom stereocenters. The normalized spacial score (nSPS) is 13.4. The average Bonchev–Trinajstić information content (AvgIpc) is 2.36. The van der Waals surface area contributed by atoms with Crippen LogP contribution in [-0.4, -0.2) is 32.8 Å². The summed E-state index contributed by atoms with van der Waals surface area (Å²) in [5.74, 6) is 0. The average molecular weight is 264 g/mol. The van der Waals surface area contributed by atoms with Crippen molar-refractivity contribution in [3.05, 3.63) is 29.8 Å². The molecule has 0 radical (unpaired) electrons. The number of ether oxygens (including phenoxy) is 1. The molecule has 0 aliphatic rings. The van der Waals surface area contributed by atoms with E-state index in [9.17, 15) is 0 Å². The van der Waals surface area contributed by atoms with E-state index in [0.29, 0.717) is 6.04 Å². The van der Waals surface area contributed by atoms with E-state index < -0.39 is 0 Å². The highest BCUT2D eigenvalue weighted by molar-refractivity contribution is 5.45. The molecule has 108 valence electrons. The first kappa shape index (κ1) is 16.0. The first-order chi connectivity index (χ1) is 8.84. The molecule has 0 spiro atoms. The van der Waals surface area contributed by atoms with Crippen molar-refractivity contribution < 1.29 is 4.74 Å². The van der Waals surface area contributed by atoms with Crippen molar-refractivity contribution in [2.75, 3.05) is 26.1 Å². The predicted octanol–water partition coefficient (Wildman–Crippen LogP) is 3.05. The zero-order chi connectivity index (χ0) is 14.5. The van der Waals surface area contributed by atoms with Crippen LogP contribution in [0.3, 0.4) is 0 Å². The highest BCUT2D eigenvalue weighted by atomic mass is 16.5. The van der Waals surface area contributed by atoms with Gasteiger partial charge in [0.05, 0.1) is 5.60 Å². The monoisotopic (exact) mass is 264 g/mol. The molecule has 0 fully saturated rings. The van der Waals surface area contributed by atoms with Gasteiger partial charge in [0.25, 0.3) is 0 Å². The van der Waals surface area contributed by atoms with E-state index in [-0.39, 0.29) is 5.60 Å². The van der Waals surface area contributed by atoms with E-state index in [4.69, 9.17) is 4.74 Å². The topological polar surface area (TPSA) is 24.5 Å². The van der Waals surface area contributed by atoms with Gasteiger partial charge in [0.2, 0.25) is 0 Å². The summed E-state index contributed by atoms with van der Waals surface area (Å²) in [5, 5.41) is 3.54. The minimum Gasteiger partial charge on any atom is -0.379 e. The van der Waals surface area contributed by atoms with Crippen LogP contribution in [0.2, 0.25) is 0 Å². The van der Waals surface area contributed by atoms with Crippen LogP contribution in [0.1, 0.15) is 32.8 Å². The van der Waals surface area contributed by atoms with Gasteiger partial charge in [0, 0.05) is 39.5 Å². The van der Waals surface area contributed by atoms with Crippen LogP contribution in [0.4, 0.5) is 5.69 Å². The summed E-state index contributed by atoms with van der Waals surface area (Å²) >= 11 is 0. The third-order valence-electron chi connectivity index (χ3n) is 3.46. The molecule has 0 bridgehead atoms. The Labute approximate surface area is 118 Å². The number of benzene rings is 1. The van der Waals surface area contributed by atoms with Gasteiger partial charge in [-0.05, 0) is 44.9 Å². The second-order valence-corrected chi connectivity index (χ2v) is 6.01. The maximum Gasteiger partial charge on any atom is 0.0637 e. The molecule has 0 saturated heterocycles. The molecule has 0 saturated carbocycles. The molecule has 0 aromatic heterocycles. The van der Waals surface area contributed by atoms with E-state index in [1.165, 1.54) is 11.3 Å². The fourth-order valence-corrected chi connectivity index (χ4v) is 2.10. The largest absolute Gasteiger partial charge is 0.379 e. The number of hydrogen-bond donors (Lipinski definition) is 1. The molecule has 0 amide bonds. The molecule has 0 aliphatic heterocycles. The smallest absolute Gasteiger partial charge is 0.0637 e. The summed E-state index contributed by atoms with van der Waals surface area (Å²) in [7, 11) is 5.89. The van der Waals surface area contributed by atoms with Crippen LogP contribution in [0.5, 0.6) is 0 Å². The van der Waals surface area contributed by atoms with Crippen molar-refractivity contribution >= 4 is 5.69 Å². The van der Waals surface area contributed by atoms with Crippen LogP contribution in [0.15, 0.2) is 24.3 Å². The van der Waals surface area contributed by atoms with E-state index in [1.807, 2.05) is 0 Å². The Kier molecular flexibility index (Phi) is 5.83. The van der Waals surface area contributed by atoms with Crippen molar-refractivity contribution in [2.45, 2.75) is 45.4 Å². The summed E-state index contributed by atoms with van der Waals surface area (Å²) in [6, 6.07) is 9.10. The van der Waals surface area contributed by atoms with Gasteiger partial charge in [-0.3, -0.25) is 0 Å². The van der Waals surface area contributed by atoms with Gasteiger partial charge in [0.15, 0.2) is 0 Å². The van der Waals surface area contributed by atoms with Crippen molar-refractivity contribution in [3.63, 3.8) is 0 Å². The SMILES string of the molecule is COC(C)(C)CC(C)NCc1ccc(N(C)C)cc1. The summed E-state index contributed by atoms with van der Waals surface area (Å²) < 4.78 is 5.46. The molecule has 1 aromatic rings. The summed E-state index contributed by atoms with van der Waals surface area (Å²) in [6.07, 6.45) is 0.999. The van der Waals surface area contributed by atoms with Gasteiger partial charge in [0.1, 0.15) is 0 Å². The fourth-order valence-electron chi connectivity index (χ4n) is 2.10. The van der Waals surface area contributed by atoms with E-state index in [2.05, 4.69) is 69.3 Å². The Balaban J connectivity index is 2.44. The van der Waals surface area contributed by atoms with Gasteiger partial charge < -0.3 is 15.0 Å². The molecular formula is C16H28N2O. The van der Waals surface area contributed by atoms with Crippen molar-refractivity contribution in [2.24, 2.45) is 0 Å². The number of hydrogen-bond acceptors (Lipinski definition) is 3. The highest BCUT2D eigenvalue weighted by Gasteiger charge is 2.19. The van der Waals surface area contributed by atoms with Crippen molar-refractivity contribution in [3.8, 4) is 0 Å². The number of methoxy groups -OCH3 is 1. The molecule has 1 aromatic carbocycles. The summed E-state index contributed by atoms with van der Waals surface area (Å²) in [5.41, 5.74) is 2.48. The molecule has 0 heterocycles. The van der Waals surface area contributed by atoms with Crippen LogP contribution in [-0.2, 0) is 11.3 Å². The van der Waals surface area contributed by atoms with Crippen molar-refractivity contribution in [1.82, 2.24) is 5.32 Å². The van der Waals surface area contributed by atoms with Crippen molar-refractivity contribution in [1.29, 1.82) is 0 Å². The van der Waals surface area contributed by atoms with Gasteiger partial charge in [-0.25, -0.2) is 0 Å². The molecule has 1 rings (SSSR count). The molecule has 19 heavy (non-hydrogen) atoms. The number of nitrogens with zero attached hydrogens (tertiary/aromatic N) is 1. The second kappa shape index (κ2) is 6.92. The van der Waals surface area contributed by atoms with Gasteiger partial charge in [-0.15, -0.1) is 0 Å². The molecule has 3 heteroatoms. The first-order valence-corrected chi connectivity index (χ1v) is 6.89. The first-order valence-electron chi connectivity index (χ1n) is 6.89. The minimum absolute atomic E-state index is 0.0683. The number of anilines is 1. The van der Waals surface area contributed by atoms with E-state index in [1.54, 1.807) is 7.11 Å². The lowest BCUT2D eigenvalue weighted by Crippen LogP contribution is -2.35. The Morgan fingerprint density at radius 3 is 2.26 bits per heavy atom. The van der Waals surface area contributed by atoms with Gasteiger partial charge in [-0.1, -0.05) is 12.1 Å². The van der Waals surface area contributed by atoms with E-state index in [0.717, 1.165) is 13.0 Å². The summed E-state index contributed by atoms with van der Waals surface area (Å²) in [4.78, 5) is 2.11. The van der Waals surface area contributed by atoms with Crippen LogP contribution >= 0.6 is 0 Å². The Morgan fingerprint density at radius 2 is 1.79 bits per heavy atom. The Morgan fingerprint density at radius 1 is 1.21 bits per heavy atom. The standard InChI is InChI=1S/C16H28N2O/c1-13(11-16(2,3)19-6)17-12-14-7-9-15(10-8-14)18(4)5/h7-10,13,17H,11-12H2,1-6H3. The van der Waals surface area contributed by atoms with Crippen LogP contribution in [0, 0.1) is 0 Å². The maximum atomic E-state index is 5.46. The maximum absolute atomic E-state index is 5.46. The Hall–Kier alpha value is -1.06. The zero-order valence-corrected chi connectivity index (χ0v) is 13.2. The van der Waals surface area contributed by atoms with Crippen LogP contribution in [0.25, 0.3) is 0 Å². The third-order valence-corrected chi connectivity index (χ3v) is 3.46. The Bertz CT molecular complexity index is 371. The quantitative estimate of drug-likeness (QED) is 0.819. The lowest BCUT2D eigenvalue weighted by atomic mass is 10.00. The van der Waals surface area contributed by atoms with Gasteiger partial charge >= 0.3 is 0 Å². The van der Waals surface area contributed by atoms with Gasteiger partial charge in [-0.2, -0.15) is 0 Å². The molecular weight excluding hydrogens is 236 g/mol. The lowest BCUT2D eigenvalue weighted by Gasteiger charge is -2.27. The molecule has 3 nitrogen and oxygen atoms in total. The minimum atomic E-state index is -0.0683. The lowest BCUT2D eigenvalue weighted by molar-refractivity contribution is 0.00844. The predicted molar refractivity (Wildman–Crippen MR) is 82.8 cm³/mol.